The molecule has 156 valence electrons. The predicted octanol–water partition coefficient (Wildman–Crippen LogP) is 7.54. The van der Waals surface area contributed by atoms with E-state index in [-0.39, 0.29) is 0 Å². The van der Waals surface area contributed by atoms with E-state index < -0.39 is 0 Å². The molecule has 0 N–H and O–H groups in total. The molecular weight excluding hydrogens is 340 g/mol. The smallest absolute Gasteiger partial charge is 0.108 e. The van der Waals surface area contributed by atoms with E-state index in [1.165, 1.54) is 87.7 Å². The molecule has 0 radical (unpaired) electrons. The Bertz CT molecular complexity index is 615. The van der Waals surface area contributed by atoms with Gasteiger partial charge in [-0.15, -0.1) is 0 Å². The van der Waals surface area contributed by atoms with Gasteiger partial charge < -0.3 is 4.57 Å². The van der Waals surface area contributed by atoms with Crippen molar-refractivity contribution in [2.24, 2.45) is 0 Å². The molecule has 2 nitrogen and oxygen atoms in total. The maximum absolute atomic E-state index is 5.03. The lowest BCUT2D eigenvalue weighted by atomic mass is 10.1. The van der Waals surface area contributed by atoms with Gasteiger partial charge in [-0.25, -0.2) is 4.98 Å². The zero-order chi connectivity index (χ0) is 19.9. The van der Waals surface area contributed by atoms with E-state index in [2.05, 4.69) is 54.9 Å². The van der Waals surface area contributed by atoms with Gasteiger partial charge in [0.15, 0.2) is 0 Å². The molecule has 0 aliphatic carbocycles. The van der Waals surface area contributed by atoms with Crippen LogP contribution in [0.2, 0.25) is 0 Å². The molecule has 0 amide bonds. The lowest BCUT2D eigenvalue weighted by Crippen LogP contribution is -2.04. The van der Waals surface area contributed by atoms with E-state index >= 15 is 0 Å². The maximum Gasteiger partial charge on any atom is 0.108 e. The Balaban J connectivity index is 1.84. The number of unbranched alkanes of at least 4 members (excludes halogenated alkanes) is 8. The van der Waals surface area contributed by atoms with Crippen molar-refractivity contribution >= 4 is 0 Å². The molecule has 1 heterocycles. The highest BCUT2D eigenvalue weighted by Gasteiger charge is 2.08. The monoisotopic (exact) mass is 382 g/mol. The van der Waals surface area contributed by atoms with Gasteiger partial charge in [-0.05, 0) is 37.7 Å². The van der Waals surface area contributed by atoms with Crippen LogP contribution in [0, 0.1) is 0 Å². The van der Waals surface area contributed by atoms with E-state index in [9.17, 15) is 0 Å². The van der Waals surface area contributed by atoms with Gasteiger partial charge in [-0.3, -0.25) is 0 Å². The lowest BCUT2D eigenvalue weighted by molar-refractivity contribution is 0.577. The molecule has 1 aromatic carbocycles. The second-order valence-corrected chi connectivity index (χ2v) is 8.26. The second kappa shape index (κ2) is 14.4. The van der Waals surface area contributed by atoms with Gasteiger partial charge in [0.25, 0.3) is 0 Å². The Morgan fingerprint density at radius 3 is 2.00 bits per heavy atom. The van der Waals surface area contributed by atoms with Crippen molar-refractivity contribution in [3.05, 3.63) is 53.6 Å². The number of aromatic nitrogens is 2. The molecule has 0 bridgehead atoms. The lowest BCUT2D eigenvalue weighted by Gasteiger charge is -2.08. The first-order valence-electron chi connectivity index (χ1n) is 11.9. The Morgan fingerprint density at radius 1 is 0.679 bits per heavy atom. The Hall–Kier alpha value is -1.57. The van der Waals surface area contributed by atoms with Crippen LogP contribution in [-0.4, -0.2) is 9.55 Å². The number of imidazole rings is 1. The summed E-state index contributed by atoms with van der Waals surface area (Å²) in [4.78, 5) is 5.03. The topological polar surface area (TPSA) is 17.8 Å². The number of aryl methyl sites for hydroxylation is 4. The number of benzene rings is 1. The molecule has 2 heteroatoms. The van der Waals surface area contributed by atoms with Crippen molar-refractivity contribution < 1.29 is 0 Å². The van der Waals surface area contributed by atoms with Gasteiger partial charge in [-0.1, -0.05) is 95.5 Å². The van der Waals surface area contributed by atoms with Crippen molar-refractivity contribution in [1.82, 2.24) is 9.55 Å². The van der Waals surface area contributed by atoms with Crippen molar-refractivity contribution in [3.63, 3.8) is 0 Å². The molecule has 0 saturated carbocycles. The molecule has 0 unspecified atom stereocenters. The minimum Gasteiger partial charge on any atom is -0.335 e. The predicted molar refractivity (Wildman–Crippen MR) is 122 cm³/mol. The van der Waals surface area contributed by atoms with Crippen LogP contribution < -0.4 is 0 Å². The zero-order valence-corrected chi connectivity index (χ0v) is 18.5. The Labute approximate surface area is 173 Å². The first-order chi connectivity index (χ1) is 13.8. The summed E-state index contributed by atoms with van der Waals surface area (Å²) in [5.41, 5.74) is 2.76. The highest BCUT2D eigenvalue weighted by molar-refractivity contribution is 5.14. The fraction of sp³-hybridized carbons (Fsp3) is 0.654. The van der Waals surface area contributed by atoms with Crippen molar-refractivity contribution in [3.8, 4) is 0 Å². The summed E-state index contributed by atoms with van der Waals surface area (Å²) in [6, 6.07) is 10.9. The van der Waals surface area contributed by atoms with Crippen molar-refractivity contribution in [2.75, 3.05) is 0 Å². The van der Waals surface area contributed by atoms with Crippen LogP contribution in [0.25, 0.3) is 0 Å². The summed E-state index contributed by atoms with van der Waals surface area (Å²) in [6.07, 6.45) is 20.4. The third-order valence-corrected chi connectivity index (χ3v) is 5.66. The van der Waals surface area contributed by atoms with Gasteiger partial charge in [0.05, 0.1) is 5.69 Å². The van der Waals surface area contributed by atoms with Crippen LogP contribution in [-0.2, 0) is 25.8 Å². The van der Waals surface area contributed by atoms with Gasteiger partial charge in [0, 0.05) is 19.2 Å². The summed E-state index contributed by atoms with van der Waals surface area (Å²) in [7, 11) is 0. The summed E-state index contributed by atoms with van der Waals surface area (Å²) in [6.45, 7) is 5.66. The molecule has 0 aliphatic heterocycles. The van der Waals surface area contributed by atoms with E-state index in [0.29, 0.717) is 0 Å². The van der Waals surface area contributed by atoms with Gasteiger partial charge in [0.1, 0.15) is 5.82 Å². The highest BCUT2D eigenvalue weighted by atomic mass is 15.1. The standard InChI is InChI=1S/C26H42N2/c1-3-5-7-9-14-20-25-23-28(22-16-19-24-17-12-11-13-18-24)26(27-25)21-15-10-8-6-4-2/h11-13,17-18,23H,3-10,14-16,19-22H2,1-2H3. The summed E-state index contributed by atoms with van der Waals surface area (Å²) >= 11 is 0. The van der Waals surface area contributed by atoms with Crippen LogP contribution in [0.1, 0.15) is 102 Å². The fourth-order valence-corrected chi connectivity index (χ4v) is 3.92. The quantitative estimate of drug-likeness (QED) is 0.274. The summed E-state index contributed by atoms with van der Waals surface area (Å²) in [5, 5.41) is 0. The molecule has 0 atom stereocenters. The minimum atomic E-state index is 1.10. The summed E-state index contributed by atoms with van der Waals surface area (Å²) < 4.78 is 2.46. The van der Waals surface area contributed by atoms with Crippen LogP contribution in [0.5, 0.6) is 0 Å². The molecule has 1 aromatic heterocycles. The summed E-state index contributed by atoms with van der Waals surface area (Å²) in [5.74, 6) is 1.33. The van der Waals surface area contributed by atoms with Crippen LogP contribution >= 0.6 is 0 Å². The number of nitrogens with zero attached hydrogens (tertiary/aromatic N) is 2. The van der Waals surface area contributed by atoms with Crippen molar-refractivity contribution in [1.29, 1.82) is 0 Å². The van der Waals surface area contributed by atoms with Gasteiger partial charge in [-0.2, -0.15) is 0 Å². The third-order valence-electron chi connectivity index (χ3n) is 5.66. The van der Waals surface area contributed by atoms with Crippen LogP contribution in [0.3, 0.4) is 0 Å². The molecule has 0 spiro atoms. The van der Waals surface area contributed by atoms with Gasteiger partial charge in [0.2, 0.25) is 0 Å². The maximum atomic E-state index is 5.03. The van der Waals surface area contributed by atoms with Crippen LogP contribution in [0.4, 0.5) is 0 Å². The molecule has 0 aliphatic rings. The molecular formula is C26H42N2. The first-order valence-corrected chi connectivity index (χ1v) is 11.9. The average Bonchev–Trinajstić information content (AvgIpc) is 3.10. The Kier molecular flexibility index (Phi) is 11.7. The van der Waals surface area contributed by atoms with E-state index in [0.717, 1.165) is 25.8 Å². The highest BCUT2D eigenvalue weighted by Crippen LogP contribution is 2.14. The molecule has 2 aromatic rings. The van der Waals surface area contributed by atoms with Crippen molar-refractivity contribution in [2.45, 2.75) is 110 Å². The van der Waals surface area contributed by atoms with Crippen LogP contribution in [0.15, 0.2) is 36.5 Å². The fourth-order valence-electron chi connectivity index (χ4n) is 3.92. The van der Waals surface area contributed by atoms with E-state index in [4.69, 9.17) is 4.98 Å². The average molecular weight is 383 g/mol. The zero-order valence-electron chi connectivity index (χ0n) is 18.5. The Morgan fingerprint density at radius 2 is 1.32 bits per heavy atom. The van der Waals surface area contributed by atoms with E-state index in [1.54, 1.807) is 0 Å². The molecule has 28 heavy (non-hydrogen) atoms. The normalized spacial score (nSPS) is 11.2. The molecule has 0 fully saturated rings. The molecule has 0 saturated heterocycles. The first kappa shape index (κ1) is 22.7. The minimum absolute atomic E-state index is 1.10. The number of hydrogen-bond acceptors (Lipinski definition) is 1. The third kappa shape index (κ3) is 9.08. The largest absolute Gasteiger partial charge is 0.335 e. The number of rotatable bonds is 16. The SMILES string of the molecule is CCCCCCCc1cn(CCCc2ccccc2)c(CCCCCCC)n1. The van der Waals surface area contributed by atoms with E-state index in [1.807, 2.05) is 0 Å². The van der Waals surface area contributed by atoms with Gasteiger partial charge >= 0.3 is 0 Å². The number of hydrogen-bond donors (Lipinski definition) is 0. The second-order valence-electron chi connectivity index (χ2n) is 8.26. The molecule has 2 rings (SSSR count).